The molecule has 0 bridgehead atoms. The highest BCUT2D eigenvalue weighted by Crippen LogP contribution is 2.25. The van der Waals surface area contributed by atoms with Crippen molar-refractivity contribution in [2.24, 2.45) is 0 Å². The van der Waals surface area contributed by atoms with Crippen LogP contribution in [-0.4, -0.2) is 36.0 Å². The van der Waals surface area contributed by atoms with Gasteiger partial charge < -0.3 is 10.2 Å². The van der Waals surface area contributed by atoms with Crippen LogP contribution in [-0.2, 0) is 9.59 Å². The van der Waals surface area contributed by atoms with E-state index in [1.54, 1.807) is 18.2 Å². The van der Waals surface area contributed by atoms with Crippen molar-refractivity contribution in [1.82, 2.24) is 15.5 Å². The molecule has 0 aromatic heterocycles. The number of nitrogens with one attached hydrogen (secondary N) is 2. The average molecular weight is 330 g/mol. The van der Waals surface area contributed by atoms with Gasteiger partial charge in [0, 0.05) is 16.6 Å². The predicted octanol–water partition coefficient (Wildman–Crippen LogP) is 1.72. The summed E-state index contributed by atoms with van der Waals surface area (Å²) >= 11 is 11.9. The van der Waals surface area contributed by atoms with Gasteiger partial charge in [-0.15, -0.1) is 0 Å². The Hall–Kier alpha value is -1.79. The van der Waals surface area contributed by atoms with E-state index in [9.17, 15) is 14.4 Å². The second-order valence-corrected chi connectivity index (χ2v) is 5.64. The molecular weight excluding hydrogens is 317 g/mol. The second-order valence-electron chi connectivity index (χ2n) is 4.77. The molecule has 1 aromatic rings. The van der Waals surface area contributed by atoms with Gasteiger partial charge >= 0.3 is 6.03 Å². The molecule has 112 valence electrons. The van der Waals surface area contributed by atoms with Crippen LogP contribution in [0.15, 0.2) is 18.2 Å². The van der Waals surface area contributed by atoms with Crippen LogP contribution >= 0.6 is 23.2 Å². The second kappa shape index (κ2) is 6.32. The lowest BCUT2D eigenvalue weighted by Gasteiger charge is -2.25. The van der Waals surface area contributed by atoms with E-state index in [4.69, 9.17) is 23.2 Å². The molecule has 1 heterocycles. The van der Waals surface area contributed by atoms with Gasteiger partial charge in [0.05, 0.1) is 0 Å². The largest absolute Gasteiger partial charge is 0.323 e. The molecule has 0 aliphatic carbocycles. The standard InChI is InChI=1S/C13H13Cl2N3O3/c1-7(8-2-9(14)4-10(15)3-8)5-18(6-19)11-12(20)17-13(21)16-11/h2-4,6-7,11H,5H2,1H3,(H2,16,17,20,21). The first-order valence-corrected chi connectivity index (χ1v) is 6.94. The van der Waals surface area contributed by atoms with Crippen LogP contribution in [0.1, 0.15) is 18.4 Å². The Morgan fingerprint density at radius 3 is 2.38 bits per heavy atom. The molecule has 1 fully saturated rings. The van der Waals surface area contributed by atoms with Crippen molar-refractivity contribution < 1.29 is 14.4 Å². The third kappa shape index (κ3) is 3.65. The van der Waals surface area contributed by atoms with Crippen molar-refractivity contribution >= 4 is 41.6 Å². The molecule has 2 atom stereocenters. The summed E-state index contributed by atoms with van der Waals surface area (Å²) in [6.07, 6.45) is -0.467. The third-order valence-corrected chi connectivity index (χ3v) is 3.59. The van der Waals surface area contributed by atoms with Crippen LogP contribution in [0.5, 0.6) is 0 Å². The summed E-state index contributed by atoms with van der Waals surface area (Å²) in [5.74, 6) is -0.667. The van der Waals surface area contributed by atoms with Gasteiger partial charge in [-0.1, -0.05) is 30.1 Å². The number of urea groups is 1. The fraction of sp³-hybridized carbons (Fsp3) is 0.308. The lowest BCUT2D eigenvalue weighted by Crippen LogP contribution is -2.47. The summed E-state index contributed by atoms with van der Waals surface area (Å²) < 4.78 is 0. The molecule has 8 heteroatoms. The zero-order chi connectivity index (χ0) is 15.6. The number of hydrogen-bond acceptors (Lipinski definition) is 3. The minimum atomic E-state index is -0.993. The number of halogens is 2. The van der Waals surface area contributed by atoms with Crippen molar-refractivity contribution in [3.63, 3.8) is 0 Å². The van der Waals surface area contributed by atoms with Gasteiger partial charge in [0.15, 0.2) is 6.17 Å². The van der Waals surface area contributed by atoms with Crippen LogP contribution in [0.2, 0.25) is 10.0 Å². The highest BCUT2D eigenvalue weighted by Gasteiger charge is 2.34. The van der Waals surface area contributed by atoms with E-state index in [-0.39, 0.29) is 12.5 Å². The highest BCUT2D eigenvalue weighted by atomic mass is 35.5. The minimum absolute atomic E-state index is 0.114. The summed E-state index contributed by atoms with van der Waals surface area (Å²) in [6, 6.07) is 4.49. The van der Waals surface area contributed by atoms with Crippen LogP contribution in [0.25, 0.3) is 0 Å². The first-order chi connectivity index (χ1) is 9.90. The number of benzene rings is 1. The molecule has 1 aromatic carbocycles. The fourth-order valence-corrected chi connectivity index (χ4v) is 2.67. The van der Waals surface area contributed by atoms with Crippen LogP contribution < -0.4 is 10.6 Å². The number of rotatable bonds is 5. The molecule has 0 saturated carbocycles. The van der Waals surface area contributed by atoms with Gasteiger partial charge in [0.2, 0.25) is 6.41 Å². The Balaban J connectivity index is 2.12. The summed E-state index contributed by atoms with van der Waals surface area (Å²) in [5, 5.41) is 5.45. The normalized spacial score (nSPS) is 18.9. The zero-order valence-corrected chi connectivity index (χ0v) is 12.6. The summed E-state index contributed by atoms with van der Waals surface area (Å²) in [5.41, 5.74) is 0.837. The van der Waals surface area contributed by atoms with E-state index in [1.165, 1.54) is 4.90 Å². The van der Waals surface area contributed by atoms with E-state index in [2.05, 4.69) is 10.6 Å². The smallest absolute Gasteiger partial charge is 0.316 e. The maximum absolute atomic E-state index is 11.6. The number of hydrogen-bond donors (Lipinski definition) is 2. The van der Waals surface area contributed by atoms with Gasteiger partial charge in [-0.05, 0) is 29.7 Å². The van der Waals surface area contributed by atoms with Crippen molar-refractivity contribution in [2.45, 2.75) is 19.0 Å². The van der Waals surface area contributed by atoms with Crippen molar-refractivity contribution in [1.29, 1.82) is 0 Å². The summed E-state index contributed by atoms with van der Waals surface area (Å²) in [7, 11) is 0. The summed E-state index contributed by atoms with van der Waals surface area (Å²) in [4.78, 5) is 35.1. The molecule has 1 aliphatic heterocycles. The lowest BCUT2D eigenvalue weighted by atomic mass is 10.0. The van der Waals surface area contributed by atoms with Crippen LogP contribution in [0.4, 0.5) is 4.79 Å². The first kappa shape index (κ1) is 15.6. The molecule has 6 nitrogen and oxygen atoms in total. The lowest BCUT2D eigenvalue weighted by molar-refractivity contribution is -0.131. The molecule has 2 rings (SSSR count). The van der Waals surface area contributed by atoms with Gasteiger partial charge in [-0.2, -0.15) is 0 Å². The van der Waals surface area contributed by atoms with Gasteiger partial charge in [0.1, 0.15) is 0 Å². The Morgan fingerprint density at radius 2 is 1.90 bits per heavy atom. The monoisotopic (exact) mass is 329 g/mol. The number of carbonyl (C=O) groups excluding carboxylic acids is 3. The van der Waals surface area contributed by atoms with Gasteiger partial charge in [-0.25, -0.2) is 4.79 Å². The van der Waals surface area contributed by atoms with Crippen molar-refractivity contribution in [3.8, 4) is 0 Å². The van der Waals surface area contributed by atoms with Gasteiger partial charge in [-0.3, -0.25) is 14.9 Å². The Labute approximate surface area is 131 Å². The molecule has 4 amide bonds. The minimum Gasteiger partial charge on any atom is -0.316 e. The van der Waals surface area contributed by atoms with Crippen LogP contribution in [0.3, 0.4) is 0 Å². The molecular formula is C13H13Cl2N3O3. The zero-order valence-electron chi connectivity index (χ0n) is 11.1. The van der Waals surface area contributed by atoms with E-state index >= 15 is 0 Å². The van der Waals surface area contributed by atoms with Crippen LogP contribution in [0, 0.1) is 0 Å². The van der Waals surface area contributed by atoms with E-state index < -0.39 is 18.1 Å². The average Bonchev–Trinajstić information content (AvgIpc) is 2.73. The SMILES string of the molecule is CC(CN(C=O)C1NC(=O)NC1=O)c1cc(Cl)cc(Cl)c1. The molecule has 2 N–H and O–H groups in total. The molecule has 21 heavy (non-hydrogen) atoms. The molecule has 2 unspecified atom stereocenters. The van der Waals surface area contributed by atoms with E-state index in [1.807, 2.05) is 6.92 Å². The molecule has 0 spiro atoms. The number of amides is 4. The Bertz CT molecular complexity index is 574. The predicted molar refractivity (Wildman–Crippen MR) is 78.1 cm³/mol. The fourth-order valence-electron chi connectivity index (χ4n) is 2.13. The van der Waals surface area contributed by atoms with Crippen molar-refractivity contribution in [2.75, 3.05) is 6.54 Å². The topological polar surface area (TPSA) is 78.5 Å². The summed E-state index contributed by atoms with van der Waals surface area (Å²) in [6.45, 7) is 2.10. The first-order valence-electron chi connectivity index (χ1n) is 6.19. The number of nitrogens with zero attached hydrogens (tertiary/aromatic N) is 1. The number of carbonyl (C=O) groups is 3. The third-order valence-electron chi connectivity index (χ3n) is 3.16. The van der Waals surface area contributed by atoms with Gasteiger partial charge in [0.25, 0.3) is 5.91 Å². The number of imide groups is 1. The maximum atomic E-state index is 11.6. The maximum Gasteiger partial charge on any atom is 0.323 e. The molecule has 1 aliphatic rings. The molecule has 1 saturated heterocycles. The van der Waals surface area contributed by atoms with E-state index in [0.29, 0.717) is 16.5 Å². The van der Waals surface area contributed by atoms with E-state index in [0.717, 1.165) is 5.56 Å². The Kier molecular flexibility index (Phi) is 4.69. The highest BCUT2D eigenvalue weighted by molar-refractivity contribution is 6.34. The molecule has 0 radical (unpaired) electrons. The Morgan fingerprint density at radius 1 is 1.29 bits per heavy atom. The quantitative estimate of drug-likeness (QED) is 0.637. The van der Waals surface area contributed by atoms with Crippen molar-refractivity contribution in [3.05, 3.63) is 33.8 Å².